The second kappa shape index (κ2) is 7.42. The van der Waals surface area contributed by atoms with Gasteiger partial charge < -0.3 is 14.0 Å². The van der Waals surface area contributed by atoms with Gasteiger partial charge in [-0.2, -0.15) is 4.80 Å². The lowest BCUT2D eigenvalue weighted by Crippen LogP contribution is -2.14. The molecule has 0 saturated heterocycles. The van der Waals surface area contributed by atoms with E-state index < -0.39 is 0 Å². The minimum atomic E-state index is -0.0461. The maximum absolute atomic E-state index is 12.9. The molecule has 0 atom stereocenters. The normalized spacial score (nSPS) is 12.5. The first-order chi connectivity index (χ1) is 14.6. The average Bonchev–Trinajstić information content (AvgIpc) is 3.52. The molecule has 0 unspecified atom stereocenters. The van der Waals surface area contributed by atoms with Gasteiger partial charge in [-0.15, -0.1) is 21.5 Å². The Labute approximate surface area is 176 Å². The SMILES string of the molecule is Cc1cc(C(=O)Cn2nnc(-c3cccs3)n2)c(C)n1Cc1ccc2c(c1)OCO2. The molecule has 0 radical (unpaired) electrons. The van der Waals surface area contributed by atoms with Crippen molar-refractivity contribution in [1.29, 1.82) is 0 Å². The third kappa shape index (κ3) is 3.37. The van der Waals surface area contributed by atoms with Gasteiger partial charge in [-0.25, -0.2) is 0 Å². The van der Waals surface area contributed by atoms with Crippen LogP contribution in [0.15, 0.2) is 41.8 Å². The lowest BCUT2D eigenvalue weighted by molar-refractivity contribution is 0.0960. The van der Waals surface area contributed by atoms with Crippen molar-refractivity contribution in [2.24, 2.45) is 0 Å². The predicted octanol–water partition coefficient (Wildman–Crippen LogP) is 3.48. The third-order valence-electron chi connectivity index (χ3n) is 5.13. The molecule has 1 aliphatic heterocycles. The molecular formula is C21H19N5O3S. The summed E-state index contributed by atoms with van der Waals surface area (Å²) in [4.78, 5) is 15.2. The first-order valence-corrected chi connectivity index (χ1v) is 10.4. The number of Topliss-reactive ketones (excluding diaryl/α,β-unsaturated/α-hetero) is 1. The van der Waals surface area contributed by atoms with E-state index in [4.69, 9.17) is 9.47 Å². The summed E-state index contributed by atoms with van der Waals surface area (Å²) in [5.41, 5.74) is 3.68. The van der Waals surface area contributed by atoms with Crippen molar-refractivity contribution in [2.75, 3.05) is 6.79 Å². The summed E-state index contributed by atoms with van der Waals surface area (Å²) in [5.74, 6) is 2.00. The summed E-state index contributed by atoms with van der Waals surface area (Å²) in [6.45, 7) is 4.90. The molecule has 3 aromatic heterocycles. The Kier molecular flexibility index (Phi) is 4.59. The fourth-order valence-corrected chi connectivity index (χ4v) is 4.22. The van der Waals surface area contributed by atoms with Crippen molar-refractivity contribution in [2.45, 2.75) is 26.9 Å². The van der Waals surface area contributed by atoms with E-state index in [0.717, 1.165) is 33.3 Å². The van der Waals surface area contributed by atoms with E-state index in [1.807, 2.05) is 55.6 Å². The van der Waals surface area contributed by atoms with Gasteiger partial charge in [0.05, 0.1) is 4.88 Å². The molecule has 4 aromatic rings. The lowest BCUT2D eigenvalue weighted by Gasteiger charge is -2.10. The number of aryl methyl sites for hydroxylation is 1. The maximum Gasteiger partial charge on any atom is 0.231 e. The van der Waals surface area contributed by atoms with Crippen LogP contribution in [0.4, 0.5) is 0 Å². The van der Waals surface area contributed by atoms with Crippen LogP contribution in [0, 0.1) is 13.8 Å². The van der Waals surface area contributed by atoms with Crippen LogP contribution in [-0.4, -0.2) is 37.4 Å². The number of tetrazole rings is 1. The van der Waals surface area contributed by atoms with Crippen LogP contribution in [0.25, 0.3) is 10.7 Å². The number of benzene rings is 1. The topological polar surface area (TPSA) is 84.1 Å². The molecule has 8 nitrogen and oxygen atoms in total. The van der Waals surface area contributed by atoms with Gasteiger partial charge in [0.25, 0.3) is 0 Å². The van der Waals surface area contributed by atoms with Gasteiger partial charge in [-0.1, -0.05) is 12.1 Å². The molecule has 5 rings (SSSR count). The number of thiophene rings is 1. The molecule has 0 aliphatic carbocycles. The quantitative estimate of drug-likeness (QED) is 0.443. The highest BCUT2D eigenvalue weighted by molar-refractivity contribution is 7.13. The molecule has 0 amide bonds. The number of ketones is 1. The third-order valence-corrected chi connectivity index (χ3v) is 6.00. The highest BCUT2D eigenvalue weighted by atomic mass is 32.1. The van der Waals surface area contributed by atoms with Gasteiger partial charge in [0.15, 0.2) is 17.3 Å². The van der Waals surface area contributed by atoms with E-state index in [1.165, 1.54) is 16.1 Å². The van der Waals surface area contributed by atoms with Crippen LogP contribution in [0.1, 0.15) is 27.3 Å². The Morgan fingerprint density at radius 2 is 2.03 bits per heavy atom. The van der Waals surface area contributed by atoms with E-state index in [9.17, 15) is 4.79 Å². The highest BCUT2D eigenvalue weighted by Gasteiger charge is 2.19. The summed E-state index contributed by atoms with van der Waals surface area (Å²) in [6.07, 6.45) is 0. The molecule has 0 N–H and O–H groups in total. The van der Waals surface area contributed by atoms with Gasteiger partial charge in [0, 0.05) is 23.5 Å². The zero-order valence-electron chi connectivity index (χ0n) is 16.5. The van der Waals surface area contributed by atoms with Crippen LogP contribution in [-0.2, 0) is 13.1 Å². The smallest absolute Gasteiger partial charge is 0.231 e. The van der Waals surface area contributed by atoms with Crippen LogP contribution in [0.2, 0.25) is 0 Å². The molecule has 0 spiro atoms. The van der Waals surface area contributed by atoms with E-state index in [1.54, 1.807) is 0 Å². The van der Waals surface area contributed by atoms with Crippen molar-refractivity contribution >= 4 is 17.1 Å². The molecule has 1 aromatic carbocycles. The number of hydrogen-bond donors (Lipinski definition) is 0. The van der Waals surface area contributed by atoms with Crippen LogP contribution >= 0.6 is 11.3 Å². The lowest BCUT2D eigenvalue weighted by atomic mass is 10.1. The minimum absolute atomic E-state index is 0.0461. The molecule has 30 heavy (non-hydrogen) atoms. The molecule has 4 heterocycles. The monoisotopic (exact) mass is 421 g/mol. The summed E-state index contributed by atoms with van der Waals surface area (Å²) in [5, 5.41) is 14.4. The number of carbonyl (C=O) groups excluding carboxylic acids is 1. The Morgan fingerprint density at radius 3 is 2.87 bits per heavy atom. The molecule has 1 aliphatic rings. The minimum Gasteiger partial charge on any atom is -0.454 e. The van der Waals surface area contributed by atoms with E-state index in [0.29, 0.717) is 17.9 Å². The largest absolute Gasteiger partial charge is 0.454 e. The van der Waals surface area contributed by atoms with Crippen LogP contribution < -0.4 is 9.47 Å². The van der Waals surface area contributed by atoms with Gasteiger partial charge in [0.1, 0.15) is 6.54 Å². The Hall–Kier alpha value is -3.46. The number of aromatic nitrogens is 5. The summed E-state index contributed by atoms with van der Waals surface area (Å²) < 4.78 is 13.0. The Balaban J connectivity index is 1.35. The Morgan fingerprint density at radius 1 is 1.17 bits per heavy atom. The molecule has 0 bridgehead atoms. The first-order valence-electron chi connectivity index (χ1n) is 9.48. The molecule has 152 valence electrons. The molecule has 0 fully saturated rings. The Bertz CT molecular complexity index is 1230. The predicted molar refractivity (Wildman–Crippen MR) is 111 cm³/mol. The fraction of sp³-hybridized carbons (Fsp3) is 0.238. The summed E-state index contributed by atoms with van der Waals surface area (Å²) >= 11 is 1.54. The van der Waals surface area contributed by atoms with Crippen molar-refractivity contribution in [3.8, 4) is 22.2 Å². The van der Waals surface area contributed by atoms with Crippen LogP contribution in [0.5, 0.6) is 11.5 Å². The van der Waals surface area contributed by atoms with Gasteiger partial charge in [-0.3, -0.25) is 4.79 Å². The maximum atomic E-state index is 12.9. The number of ether oxygens (including phenoxy) is 2. The first kappa shape index (κ1) is 18.6. The molecule has 9 heteroatoms. The number of nitrogens with zero attached hydrogens (tertiary/aromatic N) is 5. The zero-order valence-corrected chi connectivity index (χ0v) is 17.3. The second-order valence-electron chi connectivity index (χ2n) is 7.10. The standard InChI is InChI=1S/C21H19N5O3S/c1-13-8-16(17(27)11-26-23-21(22-24-26)20-4-3-7-30-20)14(2)25(13)10-15-5-6-18-19(9-15)29-12-28-18/h3-9H,10-12H2,1-2H3. The van der Waals surface area contributed by atoms with E-state index in [-0.39, 0.29) is 19.1 Å². The number of rotatable bonds is 6. The fourth-order valence-electron chi connectivity index (χ4n) is 3.58. The number of fused-ring (bicyclic) bond motifs is 1. The van der Waals surface area contributed by atoms with Crippen LogP contribution in [0.3, 0.4) is 0 Å². The zero-order chi connectivity index (χ0) is 20.7. The van der Waals surface area contributed by atoms with E-state index in [2.05, 4.69) is 20.0 Å². The molecular weight excluding hydrogens is 402 g/mol. The number of hydrogen-bond acceptors (Lipinski definition) is 7. The van der Waals surface area contributed by atoms with Gasteiger partial charge >= 0.3 is 0 Å². The second-order valence-corrected chi connectivity index (χ2v) is 8.05. The van der Waals surface area contributed by atoms with E-state index >= 15 is 0 Å². The van der Waals surface area contributed by atoms with Crippen molar-refractivity contribution in [3.63, 3.8) is 0 Å². The van der Waals surface area contributed by atoms with Crippen molar-refractivity contribution < 1.29 is 14.3 Å². The summed E-state index contributed by atoms with van der Waals surface area (Å²) in [7, 11) is 0. The van der Waals surface area contributed by atoms with Gasteiger partial charge in [-0.05, 0) is 54.3 Å². The summed E-state index contributed by atoms with van der Waals surface area (Å²) in [6, 6.07) is 11.7. The van der Waals surface area contributed by atoms with Crippen molar-refractivity contribution in [1.82, 2.24) is 24.8 Å². The molecule has 0 saturated carbocycles. The highest BCUT2D eigenvalue weighted by Crippen LogP contribution is 2.33. The average molecular weight is 421 g/mol. The number of carbonyl (C=O) groups is 1. The van der Waals surface area contributed by atoms with Crippen molar-refractivity contribution in [3.05, 3.63) is 64.3 Å². The van der Waals surface area contributed by atoms with Gasteiger partial charge in [0.2, 0.25) is 12.6 Å².